The number of pyridine rings is 1. The Morgan fingerprint density at radius 1 is 1.26 bits per heavy atom. The summed E-state index contributed by atoms with van der Waals surface area (Å²) in [5, 5.41) is 1.70. The van der Waals surface area contributed by atoms with Crippen molar-refractivity contribution in [1.29, 1.82) is 0 Å². The molecule has 0 N–H and O–H groups in total. The zero-order valence-electron chi connectivity index (χ0n) is 10.3. The molecule has 2 heterocycles. The predicted octanol–water partition coefficient (Wildman–Crippen LogP) is 3.13. The number of hydrogen-bond acceptors (Lipinski definition) is 2. The number of hydrogen-bond donors (Lipinski definition) is 0. The van der Waals surface area contributed by atoms with Crippen molar-refractivity contribution >= 4 is 34.5 Å². The third-order valence-electron chi connectivity index (χ3n) is 3.24. The zero-order chi connectivity index (χ0) is 13.2. The fraction of sp³-hybridized carbons (Fsp3) is 0.200. The highest BCUT2D eigenvalue weighted by Gasteiger charge is 2.17. The summed E-state index contributed by atoms with van der Waals surface area (Å²) in [5.74, 6) is 0.0549. The van der Waals surface area contributed by atoms with Gasteiger partial charge in [-0.05, 0) is 30.7 Å². The van der Waals surface area contributed by atoms with Crippen LogP contribution < -0.4 is 0 Å². The number of benzene rings is 1. The Balaban J connectivity index is 1.84. The third-order valence-corrected chi connectivity index (χ3v) is 3.48. The molecule has 96 valence electrons. The molecule has 1 amide bonds. The standard InChI is InChI=1S/C15H13ClN2O/c16-12-4-2-11-3-5-13(17-14(11)10-12)6-7-15(19)18-8-1-9-18/h2-7,10H,1,8-9H2/b7-6+. The summed E-state index contributed by atoms with van der Waals surface area (Å²) in [6.07, 6.45) is 4.44. The average molecular weight is 273 g/mol. The number of halogens is 1. The Bertz CT molecular complexity index is 662. The van der Waals surface area contributed by atoms with Crippen LogP contribution in [0.25, 0.3) is 17.0 Å². The molecule has 0 aliphatic carbocycles. The highest BCUT2D eigenvalue weighted by Crippen LogP contribution is 2.18. The van der Waals surface area contributed by atoms with E-state index in [0.717, 1.165) is 36.1 Å². The van der Waals surface area contributed by atoms with E-state index in [9.17, 15) is 4.79 Å². The molecule has 1 aromatic heterocycles. The van der Waals surface area contributed by atoms with Crippen molar-refractivity contribution in [3.8, 4) is 0 Å². The van der Waals surface area contributed by atoms with Crippen molar-refractivity contribution in [2.24, 2.45) is 0 Å². The first-order valence-corrected chi connectivity index (χ1v) is 6.63. The molecule has 0 atom stereocenters. The van der Waals surface area contributed by atoms with Gasteiger partial charge in [-0.15, -0.1) is 0 Å². The molecule has 0 unspecified atom stereocenters. The first-order chi connectivity index (χ1) is 9.22. The van der Waals surface area contributed by atoms with Crippen LogP contribution in [0.15, 0.2) is 36.4 Å². The highest BCUT2D eigenvalue weighted by molar-refractivity contribution is 6.31. The van der Waals surface area contributed by atoms with Gasteiger partial charge in [-0.3, -0.25) is 4.79 Å². The van der Waals surface area contributed by atoms with Gasteiger partial charge < -0.3 is 4.90 Å². The molecule has 1 fully saturated rings. The van der Waals surface area contributed by atoms with E-state index in [2.05, 4.69) is 4.98 Å². The fourth-order valence-corrected chi connectivity index (χ4v) is 2.16. The number of carbonyl (C=O) groups excluding carboxylic acids is 1. The normalized spacial score (nSPS) is 14.9. The van der Waals surface area contributed by atoms with Crippen LogP contribution in [0.2, 0.25) is 5.02 Å². The lowest BCUT2D eigenvalue weighted by Gasteiger charge is -2.29. The third kappa shape index (κ3) is 2.61. The van der Waals surface area contributed by atoms with E-state index in [-0.39, 0.29) is 5.91 Å². The molecular weight excluding hydrogens is 260 g/mol. The fourth-order valence-electron chi connectivity index (χ4n) is 2.00. The second-order valence-electron chi connectivity index (χ2n) is 4.59. The number of carbonyl (C=O) groups is 1. The number of rotatable bonds is 2. The van der Waals surface area contributed by atoms with Crippen LogP contribution in [0.4, 0.5) is 0 Å². The van der Waals surface area contributed by atoms with Gasteiger partial charge in [0, 0.05) is 29.6 Å². The molecular formula is C15H13ClN2O. The Kier molecular flexibility index (Phi) is 3.22. The molecule has 0 bridgehead atoms. The van der Waals surface area contributed by atoms with E-state index < -0.39 is 0 Å². The largest absolute Gasteiger partial charge is 0.339 e. The summed E-state index contributed by atoms with van der Waals surface area (Å²) >= 11 is 5.95. The minimum absolute atomic E-state index is 0.0549. The van der Waals surface area contributed by atoms with Crippen molar-refractivity contribution < 1.29 is 4.79 Å². The maximum absolute atomic E-state index is 11.7. The number of aromatic nitrogens is 1. The first kappa shape index (κ1) is 12.2. The van der Waals surface area contributed by atoms with Gasteiger partial charge in [0.1, 0.15) is 0 Å². The molecule has 3 rings (SSSR count). The molecule has 0 radical (unpaired) electrons. The second-order valence-corrected chi connectivity index (χ2v) is 5.02. The quantitative estimate of drug-likeness (QED) is 0.787. The highest BCUT2D eigenvalue weighted by atomic mass is 35.5. The topological polar surface area (TPSA) is 33.2 Å². The van der Waals surface area contributed by atoms with Crippen LogP contribution in [-0.2, 0) is 4.79 Å². The molecule has 1 aliphatic rings. The summed E-state index contributed by atoms with van der Waals surface area (Å²) in [6, 6.07) is 9.48. The van der Waals surface area contributed by atoms with E-state index in [1.807, 2.05) is 35.2 Å². The molecule has 1 aliphatic heterocycles. The van der Waals surface area contributed by atoms with Gasteiger partial charge in [0.15, 0.2) is 0 Å². The van der Waals surface area contributed by atoms with E-state index in [4.69, 9.17) is 11.6 Å². The smallest absolute Gasteiger partial charge is 0.246 e. The van der Waals surface area contributed by atoms with Crippen LogP contribution in [0, 0.1) is 0 Å². The maximum Gasteiger partial charge on any atom is 0.246 e. The molecule has 0 spiro atoms. The Morgan fingerprint density at radius 2 is 2.05 bits per heavy atom. The minimum atomic E-state index is 0.0549. The van der Waals surface area contributed by atoms with Crippen molar-refractivity contribution in [3.05, 3.63) is 47.1 Å². The lowest BCUT2D eigenvalue weighted by atomic mass is 10.2. The number of likely N-dealkylation sites (tertiary alicyclic amines) is 1. The van der Waals surface area contributed by atoms with Gasteiger partial charge >= 0.3 is 0 Å². The molecule has 3 nitrogen and oxygen atoms in total. The van der Waals surface area contributed by atoms with E-state index in [1.165, 1.54) is 0 Å². The zero-order valence-corrected chi connectivity index (χ0v) is 11.1. The summed E-state index contributed by atoms with van der Waals surface area (Å²) in [5.41, 5.74) is 1.61. The summed E-state index contributed by atoms with van der Waals surface area (Å²) in [4.78, 5) is 18.0. The monoisotopic (exact) mass is 272 g/mol. The van der Waals surface area contributed by atoms with Crippen LogP contribution in [0.1, 0.15) is 12.1 Å². The molecule has 19 heavy (non-hydrogen) atoms. The molecule has 0 saturated carbocycles. The minimum Gasteiger partial charge on any atom is -0.339 e. The summed E-state index contributed by atoms with van der Waals surface area (Å²) < 4.78 is 0. The average Bonchev–Trinajstić information content (AvgIpc) is 2.33. The first-order valence-electron chi connectivity index (χ1n) is 6.26. The van der Waals surface area contributed by atoms with Crippen molar-refractivity contribution in [3.63, 3.8) is 0 Å². The van der Waals surface area contributed by atoms with Gasteiger partial charge in [-0.1, -0.05) is 23.7 Å². The molecule has 1 aromatic carbocycles. The van der Waals surface area contributed by atoms with E-state index in [1.54, 1.807) is 12.2 Å². The SMILES string of the molecule is O=C(/C=C/c1ccc2ccc(Cl)cc2n1)N1CCC1. The Morgan fingerprint density at radius 3 is 2.79 bits per heavy atom. The van der Waals surface area contributed by atoms with Gasteiger partial charge in [-0.2, -0.15) is 0 Å². The van der Waals surface area contributed by atoms with Crippen molar-refractivity contribution in [1.82, 2.24) is 9.88 Å². The molecule has 4 heteroatoms. The van der Waals surface area contributed by atoms with Gasteiger partial charge in [0.05, 0.1) is 11.2 Å². The van der Waals surface area contributed by atoms with Gasteiger partial charge in [0.2, 0.25) is 5.91 Å². The molecule has 2 aromatic rings. The van der Waals surface area contributed by atoms with Crippen molar-refractivity contribution in [2.45, 2.75) is 6.42 Å². The molecule has 1 saturated heterocycles. The lowest BCUT2D eigenvalue weighted by Crippen LogP contribution is -2.40. The number of amides is 1. The van der Waals surface area contributed by atoms with E-state index in [0.29, 0.717) is 5.02 Å². The lowest BCUT2D eigenvalue weighted by molar-refractivity contribution is -0.129. The van der Waals surface area contributed by atoms with Crippen LogP contribution in [-0.4, -0.2) is 28.9 Å². The Hall–Kier alpha value is -1.87. The van der Waals surface area contributed by atoms with Gasteiger partial charge in [0.25, 0.3) is 0 Å². The summed E-state index contributed by atoms with van der Waals surface area (Å²) in [7, 11) is 0. The Labute approximate surface area is 116 Å². The van der Waals surface area contributed by atoms with Crippen LogP contribution in [0.5, 0.6) is 0 Å². The van der Waals surface area contributed by atoms with Gasteiger partial charge in [-0.25, -0.2) is 4.98 Å². The number of fused-ring (bicyclic) bond motifs is 1. The number of nitrogens with zero attached hydrogens (tertiary/aromatic N) is 2. The second kappa shape index (κ2) is 5.02. The maximum atomic E-state index is 11.7. The predicted molar refractivity (Wildman–Crippen MR) is 77.0 cm³/mol. The van der Waals surface area contributed by atoms with Crippen molar-refractivity contribution in [2.75, 3.05) is 13.1 Å². The van der Waals surface area contributed by atoms with Crippen LogP contribution in [0.3, 0.4) is 0 Å². The van der Waals surface area contributed by atoms with Crippen LogP contribution >= 0.6 is 11.6 Å². The van der Waals surface area contributed by atoms with E-state index >= 15 is 0 Å². The summed E-state index contributed by atoms with van der Waals surface area (Å²) in [6.45, 7) is 1.73.